The SMILES string of the molecule is CC1(C)c2ccccc2-c2c1ccc1ccc3c(c4ccccc4n3-c3cccc4c3c3ccccc3n4-c3ccccc3)c21. The first kappa shape index (κ1) is 24.8. The van der Waals surface area contributed by atoms with Gasteiger partial charge in [-0.15, -0.1) is 0 Å². The first-order valence-electron chi connectivity index (χ1n) is 15.8. The third-order valence-corrected chi connectivity index (χ3v) is 10.3. The molecule has 0 N–H and O–H groups in total. The molecule has 212 valence electrons. The van der Waals surface area contributed by atoms with E-state index in [9.17, 15) is 0 Å². The van der Waals surface area contributed by atoms with E-state index in [4.69, 9.17) is 0 Å². The van der Waals surface area contributed by atoms with Crippen LogP contribution in [0.15, 0.2) is 146 Å². The van der Waals surface area contributed by atoms with E-state index in [2.05, 4.69) is 169 Å². The van der Waals surface area contributed by atoms with Crippen molar-refractivity contribution in [2.24, 2.45) is 0 Å². The van der Waals surface area contributed by atoms with Crippen LogP contribution in [0.25, 0.3) is 76.9 Å². The predicted molar refractivity (Wildman–Crippen MR) is 190 cm³/mol. The summed E-state index contributed by atoms with van der Waals surface area (Å²) in [5.41, 5.74) is 12.8. The highest BCUT2D eigenvalue weighted by Gasteiger charge is 2.36. The van der Waals surface area contributed by atoms with Gasteiger partial charge in [0.25, 0.3) is 0 Å². The van der Waals surface area contributed by atoms with Crippen molar-refractivity contribution in [3.8, 4) is 22.5 Å². The molecule has 2 heteroatoms. The molecule has 2 heterocycles. The normalized spacial score (nSPS) is 13.7. The summed E-state index contributed by atoms with van der Waals surface area (Å²) in [4.78, 5) is 0. The molecule has 10 rings (SSSR count). The van der Waals surface area contributed by atoms with E-state index in [0.29, 0.717) is 0 Å². The van der Waals surface area contributed by atoms with Crippen molar-refractivity contribution in [1.82, 2.24) is 9.13 Å². The number of fused-ring (bicyclic) bond motifs is 12. The second kappa shape index (κ2) is 8.74. The zero-order chi connectivity index (χ0) is 29.9. The number of aromatic nitrogens is 2. The largest absolute Gasteiger partial charge is 0.309 e. The van der Waals surface area contributed by atoms with Gasteiger partial charge in [-0.05, 0) is 75.5 Å². The summed E-state index contributed by atoms with van der Waals surface area (Å²) in [5.74, 6) is 0. The Bertz CT molecular complexity index is 2670. The lowest BCUT2D eigenvalue weighted by atomic mass is 9.82. The number of para-hydroxylation sites is 3. The van der Waals surface area contributed by atoms with Crippen LogP contribution >= 0.6 is 0 Å². The number of hydrogen-bond donors (Lipinski definition) is 0. The minimum absolute atomic E-state index is 0.0501. The maximum Gasteiger partial charge on any atom is 0.0562 e. The average molecular weight is 575 g/mol. The summed E-state index contributed by atoms with van der Waals surface area (Å²) < 4.78 is 4.92. The van der Waals surface area contributed by atoms with Crippen LogP contribution in [0, 0.1) is 0 Å². The van der Waals surface area contributed by atoms with Crippen LogP contribution in [0.3, 0.4) is 0 Å². The molecule has 0 fully saturated rings. The van der Waals surface area contributed by atoms with Crippen molar-refractivity contribution >= 4 is 54.4 Å². The molecule has 9 aromatic rings. The van der Waals surface area contributed by atoms with Crippen molar-refractivity contribution < 1.29 is 0 Å². The van der Waals surface area contributed by atoms with E-state index in [-0.39, 0.29) is 5.41 Å². The standard InChI is InChI=1S/C43H30N2/c1-43(2)32-18-9-6-15-29(32)40-33(43)25-23-27-24-26-38-42(39(27)40)31-17-8-11-20-35(31)45(38)37-22-12-21-36-41(37)30-16-7-10-19-34(30)44(36)28-13-4-3-5-14-28/h3-26H,1-2H3. The van der Waals surface area contributed by atoms with Crippen molar-refractivity contribution in [1.29, 1.82) is 0 Å². The van der Waals surface area contributed by atoms with Crippen LogP contribution in [0.5, 0.6) is 0 Å². The van der Waals surface area contributed by atoms with Crippen LogP contribution in [0.4, 0.5) is 0 Å². The molecule has 2 nitrogen and oxygen atoms in total. The molecule has 0 aliphatic heterocycles. The van der Waals surface area contributed by atoms with Gasteiger partial charge in [-0.1, -0.05) is 117 Å². The molecular weight excluding hydrogens is 544 g/mol. The van der Waals surface area contributed by atoms with Crippen LogP contribution in [0.2, 0.25) is 0 Å². The summed E-state index contributed by atoms with van der Waals surface area (Å²) in [6.45, 7) is 4.74. The number of hydrogen-bond acceptors (Lipinski definition) is 0. The van der Waals surface area contributed by atoms with Gasteiger partial charge in [0, 0.05) is 32.6 Å². The Morgan fingerprint density at radius 3 is 1.87 bits per heavy atom. The summed E-state index contributed by atoms with van der Waals surface area (Å²) in [5, 5.41) is 7.79. The Morgan fingerprint density at radius 1 is 0.422 bits per heavy atom. The van der Waals surface area contributed by atoms with Gasteiger partial charge in [0.1, 0.15) is 0 Å². The van der Waals surface area contributed by atoms with E-state index in [1.165, 1.54) is 88.0 Å². The molecule has 0 bridgehead atoms. The number of benzene rings is 7. The van der Waals surface area contributed by atoms with E-state index >= 15 is 0 Å². The molecule has 1 aliphatic carbocycles. The van der Waals surface area contributed by atoms with Crippen molar-refractivity contribution in [2.75, 3.05) is 0 Å². The lowest BCUT2D eigenvalue weighted by Crippen LogP contribution is -2.14. The van der Waals surface area contributed by atoms with Gasteiger partial charge in [-0.25, -0.2) is 0 Å². The molecule has 0 amide bonds. The molecule has 0 unspecified atom stereocenters. The van der Waals surface area contributed by atoms with Crippen LogP contribution in [-0.2, 0) is 5.41 Å². The van der Waals surface area contributed by atoms with E-state index in [1.54, 1.807) is 0 Å². The maximum absolute atomic E-state index is 2.51. The van der Waals surface area contributed by atoms with Gasteiger partial charge in [0.2, 0.25) is 0 Å². The fourth-order valence-corrected chi connectivity index (χ4v) is 8.37. The molecule has 45 heavy (non-hydrogen) atoms. The summed E-state index contributed by atoms with van der Waals surface area (Å²) in [7, 11) is 0. The fourth-order valence-electron chi connectivity index (χ4n) is 8.37. The molecule has 0 atom stereocenters. The predicted octanol–water partition coefficient (Wildman–Crippen LogP) is 11.3. The Balaban J connectivity index is 1.39. The summed E-state index contributed by atoms with van der Waals surface area (Å²) in [6, 6.07) is 53.7. The Labute approximate surface area is 261 Å². The number of nitrogens with zero attached hydrogens (tertiary/aromatic N) is 2. The second-order valence-corrected chi connectivity index (χ2v) is 12.9. The first-order chi connectivity index (χ1) is 22.1. The van der Waals surface area contributed by atoms with Gasteiger partial charge in [-0.3, -0.25) is 0 Å². The smallest absolute Gasteiger partial charge is 0.0562 e. The van der Waals surface area contributed by atoms with Crippen molar-refractivity contribution in [2.45, 2.75) is 19.3 Å². The topological polar surface area (TPSA) is 9.86 Å². The Morgan fingerprint density at radius 2 is 1.04 bits per heavy atom. The Hall–Kier alpha value is -5.60. The molecule has 0 saturated heterocycles. The molecule has 0 spiro atoms. The van der Waals surface area contributed by atoms with Gasteiger partial charge >= 0.3 is 0 Å². The van der Waals surface area contributed by atoms with Gasteiger partial charge in [-0.2, -0.15) is 0 Å². The highest BCUT2D eigenvalue weighted by atomic mass is 15.0. The maximum atomic E-state index is 2.51. The quantitative estimate of drug-likeness (QED) is 0.194. The second-order valence-electron chi connectivity index (χ2n) is 12.9. The van der Waals surface area contributed by atoms with Gasteiger partial charge < -0.3 is 9.13 Å². The van der Waals surface area contributed by atoms with Crippen LogP contribution in [0.1, 0.15) is 25.0 Å². The monoisotopic (exact) mass is 574 g/mol. The highest BCUT2D eigenvalue weighted by Crippen LogP contribution is 2.53. The lowest BCUT2D eigenvalue weighted by Gasteiger charge is -2.21. The van der Waals surface area contributed by atoms with Gasteiger partial charge in [0.05, 0.1) is 27.8 Å². The molecular formula is C43H30N2. The highest BCUT2D eigenvalue weighted by molar-refractivity contribution is 6.26. The molecule has 0 saturated carbocycles. The molecule has 1 aliphatic rings. The van der Waals surface area contributed by atoms with Gasteiger partial charge in [0.15, 0.2) is 0 Å². The van der Waals surface area contributed by atoms with E-state index in [1.807, 2.05) is 0 Å². The van der Waals surface area contributed by atoms with Crippen LogP contribution < -0.4 is 0 Å². The summed E-state index contributed by atoms with van der Waals surface area (Å²) >= 11 is 0. The summed E-state index contributed by atoms with van der Waals surface area (Å²) in [6.07, 6.45) is 0. The zero-order valence-electron chi connectivity index (χ0n) is 25.3. The molecule has 7 aromatic carbocycles. The fraction of sp³-hybridized carbons (Fsp3) is 0.0698. The van der Waals surface area contributed by atoms with E-state index in [0.717, 1.165) is 0 Å². The lowest BCUT2D eigenvalue weighted by molar-refractivity contribution is 0.661. The third kappa shape index (κ3) is 3.13. The first-order valence-corrected chi connectivity index (χ1v) is 15.8. The Kier molecular flexibility index (Phi) is 4.82. The van der Waals surface area contributed by atoms with E-state index < -0.39 is 0 Å². The average Bonchev–Trinajstić information content (AvgIpc) is 3.69. The zero-order valence-corrected chi connectivity index (χ0v) is 25.3. The minimum atomic E-state index is -0.0501. The molecule has 2 aromatic heterocycles. The van der Waals surface area contributed by atoms with Crippen molar-refractivity contribution in [3.05, 3.63) is 157 Å². The van der Waals surface area contributed by atoms with Crippen LogP contribution in [-0.4, -0.2) is 9.13 Å². The third-order valence-electron chi connectivity index (χ3n) is 10.3. The minimum Gasteiger partial charge on any atom is -0.309 e. The number of rotatable bonds is 2. The van der Waals surface area contributed by atoms with Crippen molar-refractivity contribution in [3.63, 3.8) is 0 Å². The molecule has 0 radical (unpaired) electrons.